The van der Waals surface area contributed by atoms with Crippen molar-refractivity contribution in [2.45, 2.75) is 33.2 Å². The van der Waals surface area contributed by atoms with E-state index in [0.717, 1.165) is 16.8 Å². The minimum absolute atomic E-state index is 0.0990. The molecule has 0 saturated heterocycles. The standard InChI is InChI=1S/C15H19N3OS/c1-10(2)12-6-4-5-11(3)14(12)17-13(19)9-18-7-8-20-15(18)16/h4-8,10,16H,9H2,1-3H3,(H,17,19). The van der Waals surface area contributed by atoms with Crippen molar-refractivity contribution in [1.29, 1.82) is 5.41 Å². The molecule has 0 unspecified atom stereocenters. The van der Waals surface area contributed by atoms with Crippen LogP contribution in [-0.2, 0) is 11.3 Å². The molecule has 0 atom stereocenters. The summed E-state index contributed by atoms with van der Waals surface area (Å²) >= 11 is 1.31. The zero-order chi connectivity index (χ0) is 14.7. The smallest absolute Gasteiger partial charge is 0.244 e. The van der Waals surface area contributed by atoms with Crippen LogP contribution in [0.4, 0.5) is 5.69 Å². The van der Waals surface area contributed by atoms with E-state index in [1.165, 1.54) is 11.3 Å². The number of anilines is 1. The summed E-state index contributed by atoms with van der Waals surface area (Å²) in [6.45, 7) is 6.39. The van der Waals surface area contributed by atoms with Crippen molar-refractivity contribution in [2.24, 2.45) is 0 Å². The van der Waals surface area contributed by atoms with E-state index < -0.39 is 0 Å². The number of hydrogen-bond donors (Lipinski definition) is 2. The average Bonchev–Trinajstić information content (AvgIpc) is 2.77. The van der Waals surface area contributed by atoms with Crippen molar-refractivity contribution in [3.05, 3.63) is 45.7 Å². The topological polar surface area (TPSA) is 57.9 Å². The van der Waals surface area contributed by atoms with Gasteiger partial charge in [0.2, 0.25) is 5.91 Å². The Morgan fingerprint density at radius 2 is 2.20 bits per heavy atom. The highest BCUT2D eigenvalue weighted by molar-refractivity contribution is 7.06. The highest BCUT2D eigenvalue weighted by Gasteiger charge is 2.12. The summed E-state index contributed by atoms with van der Waals surface area (Å²) in [5.41, 5.74) is 3.10. The lowest BCUT2D eigenvalue weighted by Gasteiger charge is -2.16. The number of hydrogen-bond acceptors (Lipinski definition) is 3. The third-order valence-corrected chi connectivity index (χ3v) is 3.90. The molecule has 0 fully saturated rings. The molecule has 2 aromatic rings. The van der Waals surface area contributed by atoms with Crippen molar-refractivity contribution in [3.63, 3.8) is 0 Å². The van der Waals surface area contributed by atoms with Crippen LogP contribution in [0, 0.1) is 12.3 Å². The third-order valence-electron chi connectivity index (χ3n) is 3.19. The van der Waals surface area contributed by atoms with Crippen molar-refractivity contribution in [2.75, 3.05) is 5.32 Å². The van der Waals surface area contributed by atoms with E-state index in [9.17, 15) is 4.79 Å². The first-order valence-electron chi connectivity index (χ1n) is 6.57. The maximum Gasteiger partial charge on any atom is 0.244 e. The van der Waals surface area contributed by atoms with E-state index in [-0.39, 0.29) is 12.5 Å². The Labute approximate surface area is 122 Å². The van der Waals surface area contributed by atoms with Gasteiger partial charge in [0, 0.05) is 17.3 Å². The Morgan fingerprint density at radius 3 is 2.80 bits per heavy atom. The summed E-state index contributed by atoms with van der Waals surface area (Å²) in [7, 11) is 0. The zero-order valence-electron chi connectivity index (χ0n) is 11.9. The van der Waals surface area contributed by atoms with Crippen molar-refractivity contribution in [1.82, 2.24) is 4.57 Å². The molecule has 1 heterocycles. The van der Waals surface area contributed by atoms with Gasteiger partial charge in [-0.05, 0) is 24.0 Å². The third kappa shape index (κ3) is 3.17. The minimum atomic E-state index is -0.0990. The normalized spacial score (nSPS) is 10.8. The lowest BCUT2D eigenvalue weighted by atomic mass is 9.98. The molecular weight excluding hydrogens is 270 g/mol. The van der Waals surface area contributed by atoms with Gasteiger partial charge < -0.3 is 9.88 Å². The van der Waals surface area contributed by atoms with E-state index >= 15 is 0 Å². The van der Waals surface area contributed by atoms with E-state index in [4.69, 9.17) is 5.41 Å². The van der Waals surface area contributed by atoms with Crippen LogP contribution >= 0.6 is 11.3 Å². The lowest BCUT2D eigenvalue weighted by molar-refractivity contribution is -0.116. The van der Waals surface area contributed by atoms with Gasteiger partial charge in [-0.1, -0.05) is 32.0 Å². The van der Waals surface area contributed by atoms with Gasteiger partial charge >= 0.3 is 0 Å². The SMILES string of the molecule is Cc1cccc(C(C)C)c1NC(=O)Cn1ccsc1=N. The summed E-state index contributed by atoms with van der Waals surface area (Å²) in [6.07, 6.45) is 1.76. The predicted molar refractivity (Wildman–Crippen MR) is 82.1 cm³/mol. The fourth-order valence-electron chi connectivity index (χ4n) is 2.10. The number of rotatable bonds is 4. The minimum Gasteiger partial charge on any atom is -0.324 e. The molecular formula is C15H19N3OS. The summed E-state index contributed by atoms with van der Waals surface area (Å²) in [6, 6.07) is 6.05. The summed E-state index contributed by atoms with van der Waals surface area (Å²) < 4.78 is 1.63. The van der Waals surface area contributed by atoms with Gasteiger partial charge in [0.25, 0.3) is 0 Å². The summed E-state index contributed by atoms with van der Waals surface area (Å²) in [5.74, 6) is 0.254. The van der Waals surface area contributed by atoms with Crippen molar-refractivity contribution in [3.8, 4) is 0 Å². The zero-order valence-corrected chi connectivity index (χ0v) is 12.8. The van der Waals surface area contributed by atoms with E-state index in [0.29, 0.717) is 10.7 Å². The largest absolute Gasteiger partial charge is 0.324 e. The van der Waals surface area contributed by atoms with Gasteiger partial charge in [-0.25, -0.2) is 0 Å². The molecule has 1 aromatic carbocycles. The first-order chi connectivity index (χ1) is 9.49. The fourth-order valence-corrected chi connectivity index (χ4v) is 2.70. The molecule has 1 aromatic heterocycles. The highest BCUT2D eigenvalue weighted by Crippen LogP contribution is 2.27. The molecule has 106 valence electrons. The first-order valence-corrected chi connectivity index (χ1v) is 7.45. The average molecular weight is 289 g/mol. The molecule has 0 aliphatic rings. The van der Waals surface area contributed by atoms with Crippen LogP contribution in [0.2, 0.25) is 0 Å². The quantitative estimate of drug-likeness (QED) is 0.892. The molecule has 0 radical (unpaired) electrons. The van der Waals surface area contributed by atoms with E-state index in [2.05, 4.69) is 19.2 Å². The second kappa shape index (κ2) is 6.05. The van der Waals surface area contributed by atoms with Gasteiger partial charge in [0.1, 0.15) is 6.54 Å². The number of benzene rings is 1. The maximum absolute atomic E-state index is 12.1. The molecule has 0 spiro atoms. The number of aromatic nitrogens is 1. The molecule has 20 heavy (non-hydrogen) atoms. The van der Waals surface area contributed by atoms with Crippen LogP contribution < -0.4 is 10.1 Å². The summed E-state index contributed by atoms with van der Waals surface area (Å²) in [5, 5.41) is 12.5. The fraction of sp³-hybridized carbons (Fsp3) is 0.333. The van der Waals surface area contributed by atoms with Crippen LogP contribution in [0.3, 0.4) is 0 Å². The Hall–Kier alpha value is -1.88. The van der Waals surface area contributed by atoms with Gasteiger partial charge in [0.05, 0.1) is 0 Å². The number of amides is 1. The van der Waals surface area contributed by atoms with Gasteiger partial charge in [-0.3, -0.25) is 10.2 Å². The number of nitrogens with zero attached hydrogens (tertiary/aromatic N) is 1. The molecule has 0 aliphatic heterocycles. The van der Waals surface area contributed by atoms with Crippen molar-refractivity contribution >= 4 is 22.9 Å². The Bertz CT molecular complexity index is 670. The number of nitrogens with one attached hydrogen (secondary N) is 2. The Morgan fingerprint density at radius 1 is 1.45 bits per heavy atom. The van der Waals surface area contributed by atoms with Crippen molar-refractivity contribution < 1.29 is 4.79 Å². The van der Waals surface area contributed by atoms with Gasteiger partial charge in [0.15, 0.2) is 4.80 Å². The van der Waals surface area contributed by atoms with Crippen LogP contribution in [0.1, 0.15) is 30.9 Å². The van der Waals surface area contributed by atoms with E-state index in [1.54, 1.807) is 10.8 Å². The molecule has 0 saturated carbocycles. The molecule has 2 N–H and O–H groups in total. The molecule has 4 nitrogen and oxygen atoms in total. The first kappa shape index (κ1) is 14.5. The Kier molecular flexibility index (Phi) is 4.39. The summed E-state index contributed by atoms with van der Waals surface area (Å²) in [4.78, 5) is 12.5. The molecule has 0 aliphatic carbocycles. The van der Waals surface area contributed by atoms with Gasteiger partial charge in [-0.2, -0.15) is 0 Å². The maximum atomic E-state index is 12.1. The van der Waals surface area contributed by atoms with E-state index in [1.807, 2.05) is 30.5 Å². The molecule has 0 bridgehead atoms. The van der Waals surface area contributed by atoms with Crippen LogP contribution in [0.25, 0.3) is 0 Å². The predicted octanol–water partition coefficient (Wildman–Crippen LogP) is 3.10. The van der Waals surface area contributed by atoms with Crippen LogP contribution in [-0.4, -0.2) is 10.5 Å². The number of aryl methyl sites for hydroxylation is 1. The molecule has 2 rings (SSSR count). The van der Waals surface area contributed by atoms with Crippen LogP contribution in [0.5, 0.6) is 0 Å². The second-order valence-corrected chi connectivity index (χ2v) is 5.97. The molecule has 1 amide bonds. The Balaban J connectivity index is 2.20. The number of para-hydroxylation sites is 1. The second-order valence-electron chi connectivity index (χ2n) is 5.08. The van der Waals surface area contributed by atoms with Gasteiger partial charge in [-0.15, -0.1) is 11.3 Å². The number of carbonyl (C=O) groups excluding carboxylic acids is 1. The highest BCUT2D eigenvalue weighted by atomic mass is 32.1. The lowest BCUT2D eigenvalue weighted by Crippen LogP contribution is -2.24. The van der Waals surface area contributed by atoms with Crippen LogP contribution in [0.15, 0.2) is 29.8 Å². The number of carbonyl (C=O) groups is 1. The number of thiazole rings is 1. The monoisotopic (exact) mass is 289 g/mol. The molecule has 5 heteroatoms.